The van der Waals surface area contributed by atoms with Gasteiger partial charge in [0.05, 0.1) is 24.1 Å². The molecule has 1 atom stereocenters. The summed E-state index contributed by atoms with van der Waals surface area (Å²) < 4.78 is 11.5. The van der Waals surface area contributed by atoms with Crippen molar-refractivity contribution in [3.8, 4) is 5.75 Å². The maximum atomic E-state index is 13.7. The Labute approximate surface area is 188 Å². The minimum absolute atomic E-state index is 0.143. The lowest BCUT2D eigenvalue weighted by atomic mass is 9.97. The first-order chi connectivity index (χ1) is 15.4. The van der Waals surface area contributed by atoms with E-state index >= 15 is 0 Å². The molecule has 0 N–H and O–H groups in total. The van der Waals surface area contributed by atoms with E-state index in [9.17, 15) is 9.59 Å². The van der Waals surface area contributed by atoms with Crippen LogP contribution in [0.15, 0.2) is 45.6 Å². The van der Waals surface area contributed by atoms with Gasteiger partial charge >= 0.3 is 0 Å². The standard InChI is InChI=1S/C26H30N2O4/c1-6-27(7-2)11-12-28-23(18-9-8-10-19(15-18)31-5)22-24(29)20-13-16(3)17(4)14-21(20)32-25(22)26(28)30/h8-10,13-15,23H,6-7,11-12H2,1-5H3/t23-/m0/s1. The fourth-order valence-corrected chi connectivity index (χ4v) is 4.45. The van der Waals surface area contributed by atoms with Crippen LogP contribution in [0.1, 0.15) is 52.7 Å². The second-order valence-electron chi connectivity index (χ2n) is 8.31. The number of ether oxygens (including phenoxy) is 1. The molecule has 1 amide bonds. The molecule has 32 heavy (non-hydrogen) atoms. The molecule has 0 aliphatic carbocycles. The highest BCUT2D eigenvalue weighted by atomic mass is 16.5. The quantitative estimate of drug-likeness (QED) is 0.555. The zero-order valence-electron chi connectivity index (χ0n) is 19.4. The van der Waals surface area contributed by atoms with Crippen LogP contribution < -0.4 is 10.2 Å². The van der Waals surface area contributed by atoms with E-state index in [0.29, 0.717) is 28.8 Å². The van der Waals surface area contributed by atoms with Gasteiger partial charge in [0.25, 0.3) is 5.91 Å². The number of rotatable bonds is 7. The van der Waals surface area contributed by atoms with Gasteiger partial charge in [0.2, 0.25) is 5.76 Å². The summed E-state index contributed by atoms with van der Waals surface area (Å²) in [6.45, 7) is 11.2. The minimum atomic E-state index is -0.509. The van der Waals surface area contributed by atoms with Crippen molar-refractivity contribution in [2.24, 2.45) is 0 Å². The van der Waals surface area contributed by atoms with Crippen molar-refractivity contribution in [2.75, 3.05) is 33.3 Å². The first-order valence-corrected chi connectivity index (χ1v) is 11.1. The minimum Gasteiger partial charge on any atom is -0.497 e. The van der Waals surface area contributed by atoms with Crippen LogP contribution in [0.4, 0.5) is 0 Å². The summed E-state index contributed by atoms with van der Waals surface area (Å²) in [5, 5.41) is 0.512. The van der Waals surface area contributed by atoms with Crippen molar-refractivity contribution < 1.29 is 13.9 Å². The molecule has 2 heterocycles. The van der Waals surface area contributed by atoms with Gasteiger partial charge < -0.3 is 19.0 Å². The summed E-state index contributed by atoms with van der Waals surface area (Å²) in [4.78, 5) is 31.2. The number of amides is 1. The van der Waals surface area contributed by atoms with Crippen molar-refractivity contribution in [3.63, 3.8) is 0 Å². The molecule has 6 heteroatoms. The van der Waals surface area contributed by atoms with Crippen LogP contribution >= 0.6 is 0 Å². The molecule has 0 spiro atoms. The van der Waals surface area contributed by atoms with E-state index in [1.807, 2.05) is 50.2 Å². The lowest BCUT2D eigenvalue weighted by Crippen LogP contribution is -2.37. The Morgan fingerprint density at radius 3 is 2.47 bits per heavy atom. The Balaban J connectivity index is 1.90. The predicted octanol–water partition coefficient (Wildman–Crippen LogP) is 4.31. The lowest BCUT2D eigenvalue weighted by molar-refractivity contribution is 0.0708. The predicted molar refractivity (Wildman–Crippen MR) is 126 cm³/mol. The van der Waals surface area contributed by atoms with E-state index in [1.165, 1.54) is 0 Å². The fraction of sp³-hybridized carbons (Fsp3) is 0.385. The van der Waals surface area contributed by atoms with Gasteiger partial charge in [-0.05, 0) is 67.9 Å². The average molecular weight is 435 g/mol. The molecule has 3 aromatic rings. The van der Waals surface area contributed by atoms with Crippen LogP contribution in [0.2, 0.25) is 0 Å². The van der Waals surface area contributed by atoms with Gasteiger partial charge in [-0.3, -0.25) is 9.59 Å². The Hall–Kier alpha value is -3.12. The van der Waals surface area contributed by atoms with E-state index in [4.69, 9.17) is 9.15 Å². The smallest absolute Gasteiger partial charge is 0.290 e. The zero-order chi connectivity index (χ0) is 23.0. The SMILES string of the molecule is CCN(CC)CCN1C(=O)c2oc3cc(C)c(C)cc3c(=O)c2[C@@H]1c1cccc(OC)c1. The van der Waals surface area contributed by atoms with Gasteiger partial charge in [-0.25, -0.2) is 0 Å². The number of hydrogen-bond acceptors (Lipinski definition) is 5. The normalized spacial score (nSPS) is 15.6. The number of methoxy groups -OCH3 is 1. The molecule has 2 aromatic carbocycles. The molecular formula is C26H30N2O4. The van der Waals surface area contributed by atoms with Gasteiger partial charge in [0.1, 0.15) is 11.3 Å². The highest BCUT2D eigenvalue weighted by Gasteiger charge is 2.42. The summed E-state index contributed by atoms with van der Waals surface area (Å²) in [7, 11) is 1.61. The number of carbonyl (C=O) groups is 1. The van der Waals surface area contributed by atoms with Crippen LogP contribution in [-0.2, 0) is 0 Å². The van der Waals surface area contributed by atoms with Crippen molar-refractivity contribution in [2.45, 2.75) is 33.7 Å². The van der Waals surface area contributed by atoms with Crippen molar-refractivity contribution in [1.82, 2.24) is 9.80 Å². The molecule has 0 bridgehead atoms. The molecular weight excluding hydrogens is 404 g/mol. The van der Waals surface area contributed by atoms with Crippen LogP contribution in [0.25, 0.3) is 11.0 Å². The molecule has 4 rings (SSSR count). The van der Waals surface area contributed by atoms with Crippen molar-refractivity contribution in [3.05, 3.63) is 74.6 Å². The third-order valence-electron chi connectivity index (χ3n) is 6.54. The van der Waals surface area contributed by atoms with Gasteiger partial charge in [-0.2, -0.15) is 0 Å². The number of nitrogens with zero attached hydrogens (tertiary/aromatic N) is 2. The molecule has 0 fully saturated rings. The van der Waals surface area contributed by atoms with Gasteiger partial charge in [-0.1, -0.05) is 26.0 Å². The third-order valence-corrected chi connectivity index (χ3v) is 6.54. The number of fused-ring (bicyclic) bond motifs is 2. The first kappa shape index (κ1) is 22.1. The molecule has 1 aliphatic rings. The monoisotopic (exact) mass is 434 g/mol. The van der Waals surface area contributed by atoms with Gasteiger partial charge in [0.15, 0.2) is 5.43 Å². The topological polar surface area (TPSA) is 63.0 Å². The number of hydrogen-bond donors (Lipinski definition) is 0. The van der Waals surface area contributed by atoms with Gasteiger partial charge in [-0.15, -0.1) is 0 Å². The first-order valence-electron chi connectivity index (χ1n) is 11.1. The molecule has 0 radical (unpaired) electrons. The highest BCUT2D eigenvalue weighted by molar-refractivity contribution is 5.99. The molecule has 1 aliphatic heterocycles. The fourth-order valence-electron chi connectivity index (χ4n) is 4.45. The van der Waals surface area contributed by atoms with E-state index in [2.05, 4.69) is 18.7 Å². The van der Waals surface area contributed by atoms with E-state index in [-0.39, 0.29) is 17.1 Å². The van der Waals surface area contributed by atoms with E-state index in [1.54, 1.807) is 12.0 Å². The number of aryl methyl sites for hydroxylation is 2. The number of benzene rings is 2. The summed E-state index contributed by atoms with van der Waals surface area (Å²) in [5.41, 5.74) is 3.61. The third kappa shape index (κ3) is 3.69. The summed E-state index contributed by atoms with van der Waals surface area (Å²) in [6, 6.07) is 10.8. The Bertz CT molecular complexity index is 1230. The van der Waals surface area contributed by atoms with Crippen molar-refractivity contribution in [1.29, 1.82) is 0 Å². The maximum Gasteiger partial charge on any atom is 0.290 e. The molecule has 168 valence electrons. The van der Waals surface area contributed by atoms with Gasteiger partial charge in [0, 0.05) is 13.1 Å². The molecule has 0 saturated carbocycles. The molecule has 1 aromatic heterocycles. The van der Waals surface area contributed by atoms with E-state index in [0.717, 1.165) is 36.3 Å². The Kier molecular flexibility index (Phi) is 6.07. The van der Waals surface area contributed by atoms with Crippen LogP contribution in [0, 0.1) is 13.8 Å². The van der Waals surface area contributed by atoms with Crippen molar-refractivity contribution >= 4 is 16.9 Å². The second kappa shape index (κ2) is 8.79. The zero-order valence-corrected chi connectivity index (χ0v) is 19.4. The van der Waals surface area contributed by atoms with Crippen LogP contribution in [-0.4, -0.2) is 49.0 Å². The van der Waals surface area contributed by atoms with E-state index < -0.39 is 6.04 Å². The molecule has 0 saturated heterocycles. The summed E-state index contributed by atoms with van der Waals surface area (Å²) >= 11 is 0. The lowest BCUT2D eigenvalue weighted by Gasteiger charge is -2.28. The Morgan fingerprint density at radius 2 is 1.78 bits per heavy atom. The number of likely N-dealkylation sites (N-methyl/N-ethyl adjacent to an activating group) is 1. The Morgan fingerprint density at radius 1 is 1.06 bits per heavy atom. The molecule has 0 unspecified atom stereocenters. The summed E-state index contributed by atoms with van der Waals surface area (Å²) in [5.74, 6) is 0.596. The van der Waals surface area contributed by atoms with Crippen LogP contribution in [0.5, 0.6) is 5.75 Å². The average Bonchev–Trinajstić information content (AvgIpc) is 3.08. The second-order valence-corrected chi connectivity index (χ2v) is 8.31. The summed E-state index contributed by atoms with van der Waals surface area (Å²) in [6.07, 6.45) is 0. The molecule has 6 nitrogen and oxygen atoms in total. The largest absolute Gasteiger partial charge is 0.497 e. The van der Waals surface area contributed by atoms with Crippen LogP contribution in [0.3, 0.4) is 0 Å². The maximum absolute atomic E-state index is 13.7. The number of carbonyl (C=O) groups excluding carboxylic acids is 1. The highest BCUT2D eigenvalue weighted by Crippen LogP contribution is 2.39.